The molecule has 11 heavy (non-hydrogen) atoms. The lowest BCUT2D eigenvalue weighted by Crippen LogP contribution is -2.32. The van der Waals surface area contributed by atoms with E-state index in [2.05, 4.69) is 26.1 Å². The second-order valence-electron chi connectivity index (χ2n) is 3.45. The smallest absolute Gasteiger partial charge is 0.00105 e. The average Bonchev–Trinajstić information content (AvgIpc) is 1.97. The fraction of sp³-hybridized carbons (Fsp3) is 1.00. The SMILES string of the molecule is CCCC(CN)CNC(C)C. The third kappa shape index (κ3) is 6.32. The quantitative estimate of drug-likeness (QED) is 0.612. The summed E-state index contributed by atoms with van der Waals surface area (Å²) in [5, 5.41) is 3.40. The largest absolute Gasteiger partial charge is 0.330 e. The van der Waals surface area contributed by atoms with Gasteiger partial charge in [0.25, 0.3) is 0 Å². The minimum atomic E-state index is 0.584. The highest BCUT2D eigenvalue weighted by Crippen LogP contribution is 2.02. The van der Waals surface area contributed by atoms with E-state index in [0.29, 0.717) is 12.0 Å². The summed E-state index contributed by atoms with van der Waals surface area (Å²) in [6.45, 7) is 8.42. The van der Waals surface area contributed by atoms with Gasteiger partial charge in [-0.05, 0) is 25.4 Å². The molecule has 0 rings (SSSR count). The lowest BCUT2D eigenvalue weighted by molar-refractivity contribution is 0.428. The van der Waals surface area contributed by atoms with Crippen LogP contribution in [-0.4, -0.2) is 19.1 Å². The number of nitrogens with two attached hydrogens (primary N) is 1. The van der Waals surface area contributed by atoms with Crippen molar-refractivity contribution in [2.75, 3.05) is 13.1 Å². The molecule has 68 valence electrons. The zero-order valence-electron chi connectivity index (χ0n) is 8.06. The van der Waals surface area contributed by atoms with Gasteiger partial charge in [-0.25, -0.2) is 0 Å². The van der Waals surface area contributed by atoms with Gasteiger partial charge in [-0.1, -0.05) is 27.2 Å². The van der Waals surface area contributed by atoms with Crippen molar-refractivity contribution in [1.82, 2.24) is 5.32 Å². The zero-order chi connectivity index (χ0) is 8.69. The molecule has 0 bridgehead atoms. The van der Waals surface area contributed by atoms with Crippen LogP contribution in [0, 0.1) is 5.92 Å². The first-order valence-corrected chi connectivity index (χ1v) is 4.64. The van der Waals surface area contributed by atoms with Crippen molar-refractivity contribution in [1.29, 1.82) is 0 Å². The zero-order valence-corrected chi connectivity index (χ0v) is 8.06. The predicted molar refractivity (Wildman–Crippen MR) is 50.6 cm³/mol. The Morgan fingerprint density at radius 3 is 2.36 bits per heavy atom. The van der Waals surface area contributed by atoms with Crippen LogP contribution < -0.4 is 11.1 Å². The lowest BCUT2D eigenvalue weighted by Gasteiger charge is -2.16. The van der Waals surface area contributed by atoms with Crippen LogP contribution in [0.25, 0.3) is 0 Å². The second-order valence-corrected chi connectivity index (χ2v) is 3.45. The summed E-state index contributed by atoms with van der Waals surface area (Å²) in [4.78, 5) is 0. The van der Waals surface area contributed by atoms with Crippen LogP contribution in [0.3, 0.4) is 0 Å². The molecule has 3 N–H and O–H groups in total. The highest BCUT2D eigenvalue weighted by molar-refractivity contribution is 4.64. The number of hydrogen-bond donors (Lipinski definition) is 2. The van der Waals surface area contributed by atoms with E-state index in [-0.39, 0.29) is 0 Å². The molecular weight excluding hydrogens is 136 g/mol. The van der Waals surface area contributed by atoms with Gasteiger partial charge in [-0.3, -0.25) is 0 Å². The van der Waals surface area contributed by atoms with Gasteiger partial charge in [-0.15, -0.1) is 0 Å². The van der Waals surface area contributed by atoms with Gasteiger partial charge in [0.1, 0.15) is 0 Å². The monoisotopic (exact) mass is 158 g/mol. The van der Waals surface area contributed by atoms with Gasteiger partial charge in [0.2, 0.25) is 0 Å². The molecule has 0 spiro atoms. The summed E-state index contributed by atoms with van der Waals surface area (Å²) in [5.41, 5.74) is 5.61. The molecule has 0 aromatic heterocycles. The van der Waals surface area contributed by atoms with Crippen molar-refractivity contribution in [3.63, 3.8) is 0 Å². The Hall–Kier alpha value is -0.0800. The Morgan fingerprint density at radius 1 is 1.36 bits per heavy atom. The summed E-state index contributed by atoms with van der Waals surface area (Å²) < 4.78 is 0. The Kier molecular flexibility index (Phi) is 6.57. The van der Waals surface area contributed by atoms with Crippen LogP contribution in [0.5, 0.6) is 0 Å². The summed E-state index contributed by atoms with van der Waals surface area (Å²) >= 11 is 0. The van der Waals surface area contributed by atoms with E-state index in [1.165, 1.54) is 12.8 Å². The van der Waals surface area contributed by atoms with Crippen molar-refractivity contribution < 1.29 is 0 Å². The molecule has 0 saturated carbocycles. The average molecular weight is 158 g/mol. The minimum absolute atomic E-state index is 0.584. The Bertz CT molecular complexity index is 81.6. The molecule has 1 atom stereocenters. The molecule has 0 fully saturated rings. The molecular formula is C9H22N2. The van der Waals surface area contributed by atoms with Gasteiger partial charge in [0, 0.05) is 6.04 Å². The van der Waals surface area contributed by atoms with Gasteiger partial charge in [0.05, 0.1) is 0 Å². The summed E-state index contributed by atoms with van der Waals surface area (Å²) in [5.74, 6) is 0.669. The maximum atomic E-state index is 5.61. The van der Waals surface area contributed by atoms with Crippen LogP contribution in [0.15, 0.2) is 0 Å². The number of hydrogen-bond acceptors (Lipinski definition) is 2. The van der Waals surface area contributed by atoms with Gasteiger partial charge < -0.3 is 11.1 Å². The highest BCUT2D eigenvalue weighted by Gasteiger charge is 2.04. The Labute approximate surface area is 70.5 Å². The van der Waals surface area contributed by atoms with Crippen LogP contribution >= 0.6 is 0 Å². The van der Waals surface area contributed by atoms with Crippen molar-refractivity contribution in [3.05, 3.63) is 0 Å². The lowest BCUT2D eigenvalue weighted by atomic mass is 10.0. The van der Waals surface area contributed by atoms with E-state index in [1.54, 1.807) is 0 Å². The molecule has 0 amide bonds. The summed E-state index contributed by atoms with van der Waals surface area (Å²) in [6, 6.07) is 0.584. The van der Waals surface area contributed by atoms with Crippen LogP contribution in [0.4, 0.5) is 0 Å². The van der Waals surface area contributed by atoms with E-state index in [4.69, 9.17) is 5.73 Å². The summed E-state index contributed by atoms with van der Waals surface area (Å²) in [7, 11) is 0. The van der Waals surface area contributed by atoms with Crippen LogP contribution in [-0.2, 0) is 0 Å². The van der Waals surface area contributed by atoms with Gasteiger partial charge in [-0.2, -0.15) is 0 Å². The van der Waals surface area contributed by atoms with Crippen LogP contribution in [0.1, 0.15) is 33.6 Å². The number of rotatable bonds is 6. The summed E-state index contributed by atoms with van der Waals surface area (Å²) in [6.07, 6.45) is 2.48. The van der Waals surface area contributed by atoms with Crippen molar-refractivity contribution >= 4 is 0 Å². The second kappa shape index (κ2) is 6.62. The molecule has 0 aromatic carbocycles. The highest BCUT2D eigenvalue weighted by atomic mass is 14.9. The third-order valence-electron chi connectivity index (χ3n) is 1.85. The Morgan fingerprint density at radius 2 is 2.00 bits per heavy atom. The molecule has 0 heterocycles. The van der Waals surface area contributed by atoms with E-state index in [9.17, 15) is 0 Å². The fourth-order valence-electron chi connectivity index (χ4n) is 1.11. The fourth-order valence-corrected chi connectivity index (χ4v) is 1.11. The first kappa shape index (κ1) is 10.9. The first-order chi connectivity index (χ1) is 5.20. The predicted octanol–water partition coefficient (Wildman–Crippen LogP) is 1.36. The standard InChI is InChI=1S/C9H22N2/c1-4-5-9(6-10)7-11-8(2)3/h8-9,11H,4-7,10H2,1-3H3. The van der Waals surface area contributed by atoms with Crippen LogP contribution in [0.2, 0.25) is 0 Å². The van der Waals surface area contributed by atoms with E-state index in [0.717, 1.165) is 13.1 Å². The molecule has 2 nitrogen and oxygen atoms in total. The van der Waals surface area contributed by atoms with Crippen molar-refractivity contribution in [3.8, 4) is 0 Å². The molecule has 2 heteroatoms. The molecule has 0 aromatic rings. The maximum Gasteiger partial charge on any atom is 0.00105 e. The topological polar surface area (TPSA) is 38.0 Å². The Balaban J connectivity index is 3.35. The van der Waals surface area contributed by atoms with E-state index >= 15 is 0 Å². The van der Waals surface area contributed by atoms with Gasteiger partial charge in [0.15, 0.2) is 0 Å². The normalized spacial score (nSPS) is 13.9. The maximum absolute atomic E-state index is 5.61. The molecule has 0 radical (unpaired) electrons. The third-order valence-corrected chi connectivity index (χ3v) is 1.85. The van der Waals surface area contributed by atoms with Crippen molar-refractivity contribution in [2.24, 2.45) is 11.7 Å². The van der Waals surface area contributed by atoms with Crippen molar-refractivity contribution in [2.45, 2.75) is 39.7 Å². The molecule has 0 aliphatic rings. The molecule has 1 unspecified atom stereocenters. The van der Waals surface area contributed by atoms with E-state index in [1.807, 2.05) is 0 Å². The van der Waals surface area contributed by atoms with Gasteiger partial charge >= 0.3 is 0 Å². The minimum Gasteiger partial charge on any atom is -0.330 e. The molecule has 0 aliphatic heterocycles. The molecule has 0 aliphatic carbocycles. The molecule has 0 saturated heterocycles. The van der Waals surface area contributed by atoms with E-state index < -0.39 is 0 Å². The first-order valence-electron chi connectivity index (χ1n) is 4.64. The number of nitrogens with one attached hydrogen (secondary N) is 1.